The van der Waals surface area contributed by atoms with E-state index in [1.807, 2.05) is 0 Å². The molecule has 0 unspecified atom stereocenters. The third kappa shape index (κ3) is 6.71. The highest BCUT2D eigenvalue weighted by Gasteiger charge is 2.10. The predicted molar refractivity (Wildman–Crippen MR) is 118 cm³/mol. The van der Waals surface area contributed by atoms with E-state index in [2.05, 4.69) is 46.0 Å². The molecule has 0 aliphatic heterocycles. The van der Waals surface area contributed by atoms with Crippen LogP contribution in [0.15, 0.2) is 38.1 Å². The summed E-state index contributed by atoms with van der Waals surface area (Å²) in [5.41, 5.74) is -0.264. The van der Waals surface area contributed by atoms with Gasteiger partial charge in [0.2, 0.25) is 11.8 Å². The van der Waals surface area contributed by atoms with Crippen LogP contribution in [-0.4, -0.2) is 58.7 Å². The molecule has 13 nitrogen and oxygen atoms in total. The second kappa shape index (κ2) is 10.6. The highest BCUT2D eigenvalue weighted by molar-refractivity contribution is 8.00. The Balaban J connectivity index is 1.50. The standard InChI is InChI=1S/C17H17N9O4S2/c1-8-14(29)21-16(25-23-8)31-6-12(27)19-10-4-3-5-11(18-10)20-13(28)7-32-17-22-15(30)9(2)24-26-17/h3-5H,6-7H2,1-2H3,(H,21,25,29)(H,22,26,30)(H2,18,19,20,27,28). The van der Waals surface area contributed by atoms with Gasteiger partial charge >= 0.3 is 0 Å². The Labute approximate surface area is 188 Å². The summed E-state index contributed by atoms with van der Waals surface area (Å²) in [5.74, 6) is -0.355. The van der Waals surface area contributed by atoms with Crippen LogP contribution >= 0.6 is 23.5 Å². The van der Waals surface area contributed by atoms with E-state index < -0.39 is 0 Å². The van der Waals surface area contributed by atoms with Gasteiger partial charge in [0.1, 0.15) is 23.0 Å². The zero-order valence-electron chi connectivity index (χ0n) is 16.8. The minimum absolute atomic E-state index is 0.0294. The molecule has 32 heavy (non-hydrogen) atoms. The lowest BCUT2D eigenvalue weighted by Crippen LogP contribution is -2.19. The van der Waals surface area contributed by atoms with Crippen LogP contribution in [0.5, 0.6) is 0 Å². The number of aryl methyl sites for hydroxylation is 2. The van der Waals surface area contributed by atoms with Crippen molar-refractivity contribution in [2.45, 2.75) is 24.2 Å². The van der Waals surface area contributed by atoms with Crippen molar-refractivity contribution in [1.29, 1.82) is 0 Å². The average Bonchev–Trinajstić information content (AvgIpc) is 2.75. The molecule has 0 aliphatic rings. The number of aromatic amines is 2. The van der Waals surface area contributed by atoms with Crippen molar-refractivity contribution in [2.75, 3.05) is 22.1 Å². The molecule has 3 rings (SSSR count). The van der Waals surface area contributed by atoms with Crippen LogP contribution < -0.4 is 21.8 Å². The van der Waals surface area contributed by atoms with Gasteiger partial charge in [-0.1, -0.05) is 29.6 Å². The molecule has 0 bridgehead atoms. The summed E-state index contributed by atoms with van der Waals surface area (Å²) in [7, 11) is 0. The zero-order valence-corrected chi connectivity index (χ0v) is 18.5. The molecular formula is C17H17N9O4S2. The summed E-state index contributed by atoms with van der Waals surface area (Å²) in [6.45, 7) is 3.06. The molecule has 0 atom stereocenters. The van der Waals surface area contributed by atoms with Gasteiger partial charge in [-0.3, -0.25) is 29.1 Å². The van der Waals surface area contributed by atoms with Crippen molar-refractivity contribution in [2.24, 2.45) is 0 Å². The summed E-state index contributed by atoms with van der Waals surface area (Å²) in [4.78, 5) is 56.5. The van der Waals surface area contributed by atoms with Crippen molar-refractivity contribution < 1.29 is 9.59 Å². The van der Waals surface area contributed by atoms with Gasteiger partial charge in [-0.2, -0.15) is 0 Å². The number of carbonyl (C=O) groups is 2. The Hall–Kier alpha value is -3.59. The van der Waals surface area contributed by atoms with Gasteiger partial charge in [0.05, 0.1) is 11.5 Å². The fourth-order valence-electron chi connectivity index (χ4n) is 2.09. The number of hydrogen-bond acceptors (Lipinski definition) is 11. The average molecular weight is 476 g/mol. The number of amides is 2. The van der Waals surface area contributed by atoms with Crippen LogP contribution in [0.4, 0.5) is 11.6 Å². The summed E-state index contributed by atoms with van der Waals surface area (Å²) < 4.78 is 0. The van der Waals surface area contributed by atoms with Gasteiger partial charge < -0.3 is 10.6 Å². The molecule has 15 heteroatoms. The summed E-state index contributed by atoms with van der Waals surface area (Å²) in [6.07, 6.45) is 0. The lowest BCUT2D eigenvalue weighted by molar-refractivity contribution is -0.114. The van der Waals surface area contributed by atoms with Crippen LogP contribution in [-0.2, 0) is 9.59 Å². The first-order valence-corrected chi connectivity index (χ1v) is 11.0. The fourth-order valence-corrected chi connectivity index (χ4v) is 3.29. The molecule has 2 amide bonds. The minimum Gasteiger partial charge on any atom is -0.310 e. The number of aromatic nitrogens is 7. The maximum Gasteiger partial charge on any atom is 0.273 e. The topological polar surface area (TPSA) is 188 Å². The number of thioether (sulfide) groups is 2. The molecule has 3 aromatic rings. The first-order valence-electron chi connectivity index (χ1n) is 8.99. The molecule has 0 saturated heterocycles. The van der Waals surface area contributed by atoms with E-state index in [4.69, 9.17) is 0 Å². The smallest absolute Gasteiger partial charge is 0.273 e. The van der Waals surface area contributed by atoms with E-state index in [1.165, 1.54) is 13.8 Å². The van der Waals surface area contributed by atoms with Crippen LogP contribution in [0, 0.1) is 13.8 Å². The van der Waals surface area contributed by atoms with Gasteiger partial charge in [-0.25, -0.2) is 4.98 Å². The number of carbonyl (C=O) groups excluding carboxylic acids is 2. The van der Waals surface area contributed by atoms with Gasteiger partial charge in [0, 0.05) is 0 Å². The molecule has 0 aliphatic carbocycles. The maximum absolute atomic E-state index is 12.1. The van der Waals surface area contributed by atoms with Crippen molar-refractivity contribution in [3.8, 4) is 0 Å². The molecule has 0 spiro atoms. The Kier molecular flexibility index (Phi) is 7.67. The molecule has 4 N–H and O–H groups in total. The highest BCUT2D eigenvalue weighted by Crippen LogP contribution is 2.14. The Bertz CT molecular complexity index is 1170. The SMILES string of the molecule is Cc1nnc(SCC(=O)Nc2cccc(NC(=O)CSc3nnc(C)c(=O)[nH]3)n2)[nH]c1=O. The Morgan fingerprint density at radius 3 is 1.66 bits per heavy atom. The van der Waals surface area contributed by atoms with Gasteiger partial charge in [-0.05, 0) is 26.0 Å². The number of rotatable bonds is 8. The van der Waals surface area contributed by atoms with Crippen LogP contribution in [0.25, 0.3) is 0 Å². The highest BCUT2D eigenvalue weighted by atomic mass is 32.2. The van der Waals surface area contributed by atoms with Crippen molar-refractivity contribution in [1.82, 2.24) is 35.3 Å². The quantitative estimate of drug-likeness (QED) is 0.324. The number of nitrogens with one attached hydrogen (secondary N) is 4. The van der Waals surface area contributed by atoms with E-state index in [1.54, 1.807) is 18.2 Å². The monoisotopic (exact) mass is 475 g/mol. The van der Waals surface area contributed by atoms with E-state index in [0.29, 0.717) is 0 Å². The number of pyridine rings is 1. The molecule has 0 saturated carbocycles. The molecular weight excluding hydrogens is 458 g/mol. The van der Waals surface area contributed by atoms with Gasteiger partial charge in [0.25, 0.3) is 11.1 Å². The first-order chi connectivity index (χ1) is 15.3. The number of hydrogen-bond donors (Lipinski definition) is 4. The normalized spacial score (nSPS) is 10.6. The fraction of sp³-hybridized carbons (Fsp3) is 0.235. The second-order valence-corrected chi connectivity index (χ2v) is 8.10. The number of H-pyrrole nitrogens is 2. The van der Waals surface area contributed by atoms with Crippen LogP contribution in [0.1, 0.15) is 11.4 Å². The number of anilines is 2. The largest absolute Gasteiger partial charge is 0.310 e. The summed E-state index contributed by atoms with van der Waals surface area (Å²) in [6, 6.07) is 4.74. The van der Waals surface area contributed by atoms with E-state index >= 15 is 0 Å². The Morgan fingerprint density at radius 2 is 1.25 bits per heavy atom. The van der Waals surface area contributed by atoms with Gasteiger partial charge in [0.15, 0.2) is 10.3 Å². The molecule has 0 radical (unpaired) electrons. The van der Waals surface area contributed by atoms with Crippen molar-refractivity contribution in [3.63, 3.8) is 0 Å². The minimum atomic E-state index is -0.383. The van der Waals surface area contributed by atoms with E-state index in [0.717, 1.165) is 23.5 Å². The molecule has 0 fully saturated rings. The van der Waals surface area contributed by atoms with Gasteiger partial charge in [-0.15, -0.1) is 20.4 Å². The third-order valence-corrected chi connectivity index (χ3v) is 5.37. The maximum atomic E-state index is 12.1. The molecule has 3 heterocycles. The first kappa shape index (κ1) is 23.1. The van der Waals surface area contributed by atoms with E-state index in [9.17, 15) is 19.2 Å². The summed E-state index contributed by atoms with van der Waals surface area (Å²) >= 11 is 2.03. The zero-order chi connectivity index (χ0) is 23.1. The molecule has 3 aromatic heterocycles. The van der Waals surface area contributed by atoms with Crippen molar-refractivity contribution in [3.05, 3.63) is 50.3 Å². The lowest BCUT2D eigenvalue weighted by Gasteiger charge is -2.07. The molecule has 0 aromatic carbocycles. The Morgan fingerprint density at radius 1 is 0.812 bits per heavy atom. The third-order valence-electron chi connectivity index (χ3n) is 3.64. The van der Waals surface area contributed by atoms with Crippen LogP contribution in [0.3, 0.4) is 0 Å². The van der Waals surface area contributed by atoms with E-state index in [-0.39, 0.29) is 67.8 Å². The summed E-state index contributed by atoms with van der Waals surface area (Å²) in [5, 5.41) is 20.6. The van der Waals surface area contributed by atoms with Crippen molar-refractivity contribution >= 4 is 47.0 Å². The lowest BCUT2D eigenvalue weighted by atomic mass is 10.4. The van der Waals surface area contributed by atoms with Crippen LogP contribution in [0.2, 0.25) is 0 Å². The predicted octanol–water partition coefficient (Wildman–Crippen LogP) is 0.117. The second-order valence-electron chi connectivity index (χ2n) is 6.17. The number of nitrogens with zero attached hydrogens (tertiary/aromatic N) is 5. The molecule has 166 valence electrons.